The molecule has 5 heteroatoms. The van der Waals surface area contributed by atoms with Crippen LogP contribution in [0.2, 0.25) is 0 Å². The lowest BCUT2D eigenvalue weighted by Gasteiger charge is -2.13. The quantitative estimate of drug-likeness (QED) is 0.416. The molecule has 1 fully saturated rings. The second kappa shape index (κ2) is 5.21. The molecular formula is C10H14O4S. The monoisotopic (exact) mass is 230 g/mol. The number of hydrogen-bond acceptors (Lipinski definition) is 5. The van der Waals surface area contributed by atoms with Gasteiger partial charge in [-0.2, -0.15) is 0 Å². The zero-order valence-electron chi connectivity index (χ0n) is 8.82. The summed E-state index contributed by atoms with van der Waals surface area (Å²) in [6.45, 7) is 4.14. The van der Waals surface area contributed by atoms with Crippen LogP contribution in [0.25, 0.3) is 0 Å². The highest BCUT2D eigenvalue weighted by molar-refractivity contribution is 7.80. The van der Waals surface area contributed by atoms with E-state index in [4.69, 9.17) is 17.0 Å². The summed E-state index contributed by atoms with van der Waals surface area (Å²) in [5.74, 6) is -0.956. The molecule has 0 spiro atoms. The van der Waals surface area contributed by atoms with Gasteiger partial charge in [0.05, 0.1) is 18.9 Å². The topological polar surface area (TPSA) is 52.6 Å². The Labute approximate surface area is 93.9 Å². The third kappa shape index (κ3) is 3.95. The summed E-state index contributed by atoms with van der Waals surface area (Å²) in [6.07, 6.45) is 0.799. The van der Waals surface area contributed by atoms with Crippen molar-refractivity contribution in [1.82, 2.24) is 0 Å². The van der Waals surface area contributed by atoms with E-state index < -0.39 is 11.9 Å². The third-order valence-corrected chi connectivity index (χ3v) is 2.34. The van der Waals surface area contributed by atoms with Gasteiger partial charge in [-0.3, -0.25) is 9.59 Å². The zero-order chi connectivity index (χ0) is 11.4. The van der Waals surface area contributed by atoms with E-state index >= 15 is 0 Å². The highest BCUT2D eigenvalue weighted by Gasteiger charge is 2.34. The van der Waals surface area contributed by atoms with E-state index in [-0.39, 0.29) is 18.3 Å². The summed E-state index contributed by atoms with van der Waals surface area (Å²) in [7, 11) is 0. The highest BCUT2D eigenvalue weighted by Crippen LogP contribution is 2.23. The molecule has 0 amide bonds. The van der Waals surface area contributed by atoms with E-state index in [1.807, 2.05) is 6.92 Å². The number of ether oxygens (including phenoxy) is 2. The molecule has 0 aliphatic carbocycles. The van der Waals surface area contributed by atoms with Crippen molar-refractivity contribution >= 4 is 29.2 Å². The lowest BCUT2D eigenvalue weighted by Crippen LogP contribution is -2.16. The molecule has 0 N–H and O–H groups in total. The summed E-state index contributed by atoms with van der Waals surface area (Å²) in [6, 6.07) is 0. The van der Waals surface area contributed by atoms with Gasteiger partial charge < -0.3 is 9.47 Å². The van der Waals surface area contributed by atoms with Gasteiger partial charge in [0.2, 0.25) is 0 Å². The fourth-order valence-corrected chi connectivity index (χ4v) is 1.58. The summed E-state index contributed by atoms with van der Waals surface area (Å²) in [5, 5.41) is 0.493. The fraction of sp³-hybridized carbons (Fsp3) is 0.700. The minimum Gasteiger partial charge on any atom is -0.487 e. The van der Waals surface area contributed by atoms with Crippen molar-refractivity contribution in [2.24, 2.45) is 11.8 Å². The van der Waals surface area contributed by atoms with E-state index in [1.165, 1.54) is 0 Å². The first-order valence-corrected chi connectivity index (χ1v) is 5.27. The zero-order valence-corrected chi connectivity index (χ0v) is 9.63. The fourth-order valence-electron chi connectivity index (χ4n) is 1.51. The Hall–Kier alpha value is -0.970. The van der Waals surface area contributed by atoms with Crippen LogP contribution in [0.4, 0.5) is 0 Å². The molecule has 1 aliphatic rings. The summed E-state index contributed by atoms with van der Waals surface area (Å²) < 4.78 is 9.63. The predicted octanol–water partition coefficient (Wildman–Crippen LogP) is 1.47. The SMILES string of the molecule is CC(=S)OCC(C)CC1CC(=O)OC1=O. The van der Waals surface area contributed by atoms with Crippen molar-refractivity contribution in [1.29, 1.82) is 0 Å². The van der Waals surface area contributed by atoms with E-state index in [1.54, 1.807) is 6.92 Å². The number of cyclic esters (lactones) is 2. The maximum Gasteiger partial charge on any atom is 0.317 e. The smallest absolute Gasteiger partial charge is 0.317 e. The standard InChI is InChI=1S/C10H14O4S/c1-6(5-13-7(2)15)3-8-4-9(11)14-10(8)12/h6,8H,3-5H2,1-2H3. The number of rotatable bonds is 4. The predicted molar refractivity (Wildman–Crippen MR) is 57.2 cm³/mol. The molecule has 2 unspecified atom stereocenters. The minimum atomic E-state index is -0.427. The van der Waals surface area contributed by atoms with E-state index in [9.17, 15) is 9.59 Å². The van der Waals surface area contributed by atoms with Crippen LogP contribution < -0.4 is 0 Å². The third-order valence-electron chi connectivity index (χ3n) is 2.22. The normalized spacial score (nSPS) is 22.4. The maximum atomic E-state index is 11.1. The van der Waals surface area contributed by atoms with Crippen molar-refractivity contribution in [2.75, 3.05) is 6.61 Å². The van der Waals surface area contributed by atoms with Crippen LogP contribution >= 0.6 is 12.2 Å². The number of hydrogen-bond donors (Lipinski definition) is 0. The number of carbonyl (C=O) groups is 2. The van der Waals surface area contributed by atoms with Gasteiger partial charge >= 0.3 is 11.9 Å². The average molecular weight is 230 g/mol. The van der Waals surface area contributed by atoms with Crippen LogP contribution in [0.5, 0.6) is 0 Å². The summed E-state index contributed by atoms with van der Waals surface area (Å²) in [5.41, 5.74) is 0. The molecule has 0 aromatic heterocycles. The lowest BCUT2D eigenvalue weighted by molar-refractivity contribution is -0.153. The van der Waals surface area contributed by atoms with Crippen molar-refractivity contribution in [2.45, 2.75) is 26.7 Å². The van der Waals surface area contributed by atoms with Gasteiger partial charge in [-0.25, -0.2) is 0 Å². The molecule has 4 nitrogen and oxygen atoms in total. The van der Waals surface area contributed by atoms with Gasteiger partial charge in [0.1, 0.15) is 0 Å². The first-order valence-electron chi connectivity index (χ1n) is 4.87. The molecule has 1 rings (SSSR count). The van der Waals surface area contributed by atoms with Crippen molar-refractivity contribution in [3.63, 3.8) is 0 Å². The Morgan fingerprint density at radius 1 is 1.67 bits per heavy atom. The molecule has 0 saturated carbocycles. The van der Waals surface area contributed by atoms with Crippen LogP contribution in [0.15, 0.2) is 0 Å². The molecule has 0 aromatic rings. The van der Waals surface area contributed by atoms with Crippen molar-refractivity contribution in [3.05, 3.63) is 0 Å². The minimum absolute atomic E-state index is 0.186. The van der Waals surface area contributed by atoms with Gasteiger partial charge in [0.15, 0.2) is 5.05 Å². The Morgan fingerprint density at radius 3 is 2.80 bits per heavy atom. The van der Waals surface area contributed by atoms with Gasteiger partial charge in [-0.15, -0.1) is 0 Å². The Balaban J connectivity index is 2.31. The first-order chi connectivity index (χ1) is 6.99. The van der Waals surface area contributed by atoms with Gasteiger partial charge in [0, 0.05) is 6.92 Å². The van der Waals surface area contributed by atoms with Gasteiger partial charge in [-0.05, 0) is 24.6 Å². The molecule has 1 saturated heterocycles. The molecule has 0 radical (unpaired) electrons. The van der Waals surface area contributed by atoms with Gasteiger partial charge in [-0.1, -0.05) is 6.92 Å². The van der Waals surface area contributed by atoms with E-state index in [0.29, 0.717) is 18.1 Å². The second-order valence-corrected chi connectivity index (χ2v) is 4.41. The summed E-state index contributed by atoms with van der Waals surface area (Å²) >= 11 is 4.77. The number of esters is 2. The molecule has 1 heterocycles. The van der Waals surface area contributed by atoms with Crippen molar-refractivity contribution in [3.8, 4) is 0 Å². The lowest BCUT2D eigenvalue weighted by atomic mass is 9.95. The van der Waals surface area contributed by atoms with E-state index in [0.717, 1.165) is 0 Å². The molecule has 15 heavy (non-hydrogen) atoms. The van der Waals surface area contributed by atoms with E-state index in [2.05, 4.69) is 4.74 Å². The number of thiocarbonyl (C=S) groups is 1. The molecule has 84 valence electrons. The van der Waals surface area contributed by atoms with Crippen LogP contribution in [0.1, 0.15) is 26.7 Å². The molecule has 0 bridgehead atoms. The van der Waals surface area contributed by atoms with Crippen LogP contribution in [-0.2, 0) is 19.1 Å². The largest absolute Gasteiger partial charge is 0.487 e. The molecule has 2 atom stereocenters. The Kier molecular flexibility index (Phi) is 4.20. The first kappa shape index (κ1) is 12.1. The van der Waals surface area contributed by atoms with Gasteiger partial charge in [0.25, 0.3) is 0 Å². The van der Waals surface area contributed by atoms with Crippen LogP contribution in [0, 0.1) is 11.8 Å². The summed E-state index contributed by atoms with van der Waals surface area (Å²) in [4.78, 5) is 22.0. The molecule has 1 aliphatic heterocycles. The number of carbonyl (C=O) groups excluding carboxylic acids is 2. The second-order valence-electron chi connectivity index (χ2n) is 3.84. The molecular weight excluding hydrogens is 216 g/mol. The highest BCUT2D eigenvalue weighted by atomic mass is 32.1. The van der Waals surface area contributed by atoms with Crippen molar-refractivity contribution < 1.29 is 19.1 Å². The Bertz CT molecular complexity index is 287. The van der Waals surface area contributed by atoms with Crippen LogP contribution in [0.3, 0.4) is 0 Å². The molecule has 0 aromatic carbocycles. The average Bonchev–Trinajstić information content (AvgIpc) is 2.42. The Morgan fingerprint density at radius 2 is 2.33 bits per heavy atom. The van der Waals surface area contributed by atoms with Crippen LogP contribution in [-0.4, -0.2) is 23.6 Å². The maximum absolute atomic E-state index is 11.1.